The van der Waals surface area contributed by atoms with Crippen LogP contribution in [0.15, 0.2) is 60.3 Å². The highest BCUT2D eigenvalue weighted by Crippen LogP contribution is 2.45. The molecule has 2 aliphatic rings. The Morgan fingerprint density at radius 1 is 1.22 bits per heavy atom. The molecule has 0 saturated heterocycles. The summed E-state index contributed by atoms with van der Waals surface area (Å²) in [6, 6.07) is 12.7. The maximum Gasteiger partial charge on any atom is 0.270 e. The van der Waals surface area contributed by atoms with Crippen LogP contribution >= 0.6 is 0 Å². The molecular formula is C25H24N3O4+. The molecule has 5 rings (SSSR count). The minimum Gasteiger partial charge on any atom is -0.387 e. The number of nitro groups is 1. The van der Waals surface area contributed by atoms with Crippen molar-refractivity contribution in [3.05, 3.63) is 81.6 Å². The third kappa shape index (κ3) is 2.64. The molecule has 162 valence electrons. The molecule has 0 radical (unpaired) electrons. The van der Waals surface area contributed by atoms with Crippen LogP contribution in [0, 0.1) is 10.1 Å². The monoisotopic (exact) mass is 430 g/mol. The number of hydrogen-bond acceptors (Lipinski definition) is 4. The molecule has 2 aromatic carbocycles. The summed E-state index contributed by atoms with van der Waals surface area (Å²) in [5.74, 6) is -0.682. The normalized spacial score (nSPS) is 23.0. The molecule has 0 bridgehead atoms. The first-order valence-electron chi connectivity index (χ1n) is 10.5. The highest BCUT2D eigenvalue weighted by atomic mass is 16.6. The molecule has 1 fully saturated rings. The molecule has 2 unspecified atom stereocenters. The number of non-ortho nitro benzene ring substituents is 1. The molecule has 3 aromatic rings. The highest BCUT2D eigenvalue weighted by molar-refractivity contribution is 6.16. The van der Waals surface area contributed by atoms with Gasteiger partial charge in [-0.25, -0.2) is 0 Å². The third-order valence-electron chi connectivity index (χ3n) is 6.98. The van der Waals surface area contributed by atoms with Crippen LogP contribution in [0.2, 0.25) is 0 Å². The zero-order chi connectivity index (χ0) is 22.9. The molecule has 2 heterocycles. The summed E-state index contributed by atoms with van der Waals surface area (Å²) in [6.07, 6.45) is 2.78. The van der Waals surface area contributed by atoms with E-state index in [4.69, 9.17) is 0 Å². The van der Waals surface area contributed by atoms with Crippen molar-refractivity contribution in [1.29, 1.82) is 0 Å². The molecule has 1 aliphatic carbocycles. The number of hydrogen-bond donors (Lipinski definition) is 1. The van der Waals surface area contributed by atoms with Crippen molar-refractivity contribution < 1.29 is 19.4 Å². The van der Waals surface area contributed by atoms with E-state index >= 15 is 0 Å². The first-order chi connectivity index (χ1) is 15.1. The second-order valence-corrected chi connectivity index (χ2v) is 9.13. The number of nitrogens with zero attached hydrogens (tertiary/aromatic N) is 3. The van der Waals surface area contributed by atoms with Gasteiger partial charge in [-0.15, -0.1) is 0 Å². The summed E-state index contributed by atoms with van der Waals surface area (Å²) in [5, 5.41) is 23.2. The van der Waals surface area contributed by atoms with Crippen LogP contribution in [0.5, 0.6) is 0 Å². The molecule has 7 heteroatoms. The molecule has 1 N–H and O–H groups in total. The van der Waals surface area contributed by atoms with Crippen molar-refractivity contribution in [2.75, 3.05) is 7.05 Å². The molecule has 2 atom stereocenters. The Bertz CT molecular complexity index is 1390. The van der Waals surface area contributed by atoms with Crippen molar-refractivity contribution in [2.24, 2.45) is 7.05 Å². The number of aliphatic hydroxyl groups excluding tert-OH is 1. The molecule has 1 aliphatic heterocycles. The van der Waals surface area contributed by atoms with Gasteiger partial charge in [-0.05, 0) is 25.5 Å². The number of carbonyl (C=O) groups is 1. The second kappa shape index (κ2) is 6.71. The lowest BCUT2D eigenvalue weighted by molar-refractivity contribution is -0.402. The minimum absolute atomic E-state index is 0.0369. The quantitative estimate of drug-likeness (QED) is 0.297. The lowest BCUT2D eigenvalue weighted by Gasteiger charge is -2.34. The van der Waals surface area contributed by atoms with Gasteiger partial charge in [0.15, 0.2) is 11.5 Å². The average Bonchev–Trinajstić information content (AvgIpc) is 3.18. The molecule has 32 heavy (non-hydrogen) atoms. The van der Waals surface area contributed by atoms with Crippen molar-refractivity contribution in [3.63, 3.8) is 0 Å². The Morgan fingerprint density at radius 3 is 2.62 bits per heavy atom. The molecule has 1 aromatic heterocycles. The molecular weight excluding hydrogens is 406 g/mol. The van der Waals surface area contributed by atoms with E-state index in [9.17, 15) is 20.0 Å². The highest BCUT2D eigenvalue weighted by Gasteiger charge is 2.50. The molecule has 1 saturated carbocycles. The number of rotatable bonds is 3. The fourth-order valence-electron chi connectivity index (χ4n) is 5.18. The first-order valence-corrected chi connectivity index (χ1v) is 10.5. The van der Waals surface area contributed by atoms with Gasteiger partial charge in [0, 0.05) is 59.6 Å². The summed E-state index contributed by atoms with van der Waals surface area (Å²) in [4.78, 5) is 24.0. The summed E-state index contributed by atoms with van der Waals surface area (Å²) >= 11 is 0. The maximum absolute atomic E-state index is 13.2. The van der Waals surface area contributed by atoms with Crippen molar-refractivity contribution in [2.45, 2.75) is 31.3 Å². The van der Waals surface area contributed by atoms with Gasteiger partial charge in [0.05, 0.1) is 22.4 Å². The summed E-state index contributed by atoms with van der Waals surface area (Å²) in [5.41, 5.74) is 4.23. The largest absolute Gasteiger partial charge is 0.387 e. The van der Waals surface area contributed by atoms with Gasteiger partial charge in [-0.2, -0.15) is 4.58 Å². The number of nitro benzene ring substituents is 1. The van der Waals surface area contributed by atoms with Crippen LogP contribution in [-0.2, 0) is 17.3 Å². The van der Waals surface area contributed by atoms with Gasteiger partial charge in [-0.1, -0.05) is 18.2 Å². The summed E-state index contributed by atoms with van der Waals surface area (Å²) < 4.78 is 3.91. The fraction of sp³-hybridized carbons (Fsp3) is 0.280. The number of para-hydroxylation sites is 1. The van der Waals surface area contributed by atoms with E-state index in [2.05, 4.69) is 0 Å². The van der Waals surface area contributed by atoms with Crippen molar-refractivity contribution in [1.82, 2.24) is 4.57 Å². The average molecular weight is 430 g/mol. The standard InChI is InChI=1S/C25H24N3O4/c1-25(2)18-11-14(28(31)32)9-10-20(18)27(4)21(25)12-16-23(29)22(24(16)30)17-13-26(3)19-8-6-5-7-15(17)19/h5-13,22-23,29H,1-4H3/q+1. The number of benzene rings is 2. The van der Waals surface area contributed by atoms with E-state index < -0.39 is 22.4 Å². The smallest absolute Gasteiger partial charge is 0.270 e. The Labute approximate surface area is 185 Å². The predicted molar refractivity (Wildman–Crippen MR) is 122 cm³/mol. The van der Waals surface area contributed by atoms with E-state index in [0.29, 0.717) is 5.57 Å². The lowest BCUT2D eigenvalue weighted by Crippen LogP contribution is -2.44. The lowest BCUT2D eigenvalue weighted by atomic mass is 9.69. The Morgan fingerprint density at radius 2 is 1.94 bits per heavy atom. The summed E-state index contributed by atoms with van der Waals surface area (Å²) in [7, 11) is 3.81. The number of aromatic nitrogens is 1. The van der Waals surface area contributed by atoms with E-state index in [1.807, 2.05) is 67.5 Å². The molecule has 7 nitrogen and oxygen atoms in total. The van der Waals surface area contributed by atoms with Crippen LogP contribution in [-0.4, -0.2) is 43.8 Å². The van der Waals surface area contributed by atoms with Gasteiger partial charge in [0.1, 0.15) is 7.05 Å². The van der Waals surface area contributed by atoms with Gasteiger partial charge in [-0.3, -0.25) is 14.9 Å². The number of Topliss-reactive ketones (excluding diaryl/α,β-unsaturated/α-hetero) is 1. The number of carbonyl (C=O) groups excluding carboxylic acids is 1. The minimum atomic E-state index is -0.900. The number of aliphatic hydroxyl groups is 1. The number of fused-ring (bicyclic) bond motifs is 2. The van der Waals surface area contributed by atoms with Crippen LogP contribution in [0.3, 0.4) is 0 Å². The number of ketones is 1. The third-order valence-corrected chi connectivity index (χ3v) is 6.98. The van der Waals surface area contributed by atoms with Gasteiger partial charge < -0.3 is 9.67 Å². The van der Waals surface area contributed by atoms with Gasteiger partial charge in [0.2, 0.25) is 5.69 Å². The van der Waals surface area contributed by atoms with Gasteiger partial charge >= 0.3 is 0 Å². The topological polar surface area (TPSA) is 88.4 Å². The Balaban J connectivity index is 1.53. The fourth-order valence-corrected chi connectivity index (χ4v) is 5.18. The van der Waals surface area contributed by atoms with Crippen LogP contribution < -0.4 is 0 Å². The first kappa shape index (κ1) is 20.3. The van der Waals surface area contributed by atoms with Crippen molar-refractivity contribution >= 4 is 33.8 Å². The van der Waals surface area contributed by atoms with Gasteiger partial charge in [0.25, 0.3) is 5.69 Å². The number of aryl methyl sites for hydroxylation is 1. The van der Waals surface area contributed by atoms with E-state index in [1.54, 1.807) is 18.2 Å². The summed E-state index contributed by atoms with van der Waals surface area (Å²) in [6.45, 7) is 3.95. The second-order valence-electron chi connectivity index (χ2n) is 9.13. The van der Waals surface area contributed by atoms with Crippen LogP contribution in [0.25, 0.3) is 10.9 Å². The molecule has 0 spiro atoms. The van der Waals surface area contributed by atoms with Crippen molar-refractivity contribution in [3.8, 4) is 0 Å². The number of allylic oxidation sites excluding steroid dienone is 1. The van der Waals surface area contributed by atoms with Crippen LogP contribution in [0.4, 0.5) is 11.4 Å². The SMILES string of the molecule is Cn1cc(C2C(=O)C(=CC3=[N+](C)c4ccc([N+](=O)[O-])cc4C3(C)C)C2O)c2ccccc21. The zero-order valence-corrected chi connectivity index (χ0v) is 18.4. The molecule has 0 amide bonds. The Kier molecular flexibility index (Phi) is 4.26. The van der Waals surface area contributed by atoms with E-state index in [0.717, 1.165) is 33.4 Å². The van der Waals surface area contributed by atoms with E-state index in [-0.39, 0.29) is 11.5 Å². The zero-order valence-electron chi connectivity index (χ0n) is 18.4. The Hall–Kier alpha value is -3.58. The maximum atomic E-state index is 13.2. The van der Waals surface area contributed by atoms with Crippen LogP contribution in [0.1, 0.15) is 30.9 Å². The predicted octanol–water partition coefficient (Wildman–Crippen LogP) is 3.75. The van der Waals surface area contributed by atoms with E-state index in [1.165, 1.54) is 6.07 Å².